The van der Waals surface area contributed by atoms with Crippen molar-refractivity contribution in [1.29, 1.82) is 0 Å². The fourth-order valence-corrected chi connectivity index (χ4v) is 2.25. The Kier molecular flexibility index (Phi) is 6.72. The van der Waals surface area contributed by atoms with Gasteiger partial charge in [-0.15, -0.1) is 11.8 Å². The molecule has 1 rings (SSSR count). The molecular weight excluding hydrogens is 334 g/mol. The van der Waals surface area contributed by atoms with Gasteiger partial charge in [-0.2, -0.15) is 0 Å². The standard InChI is InChI=1S/C12H14BrNO4S/c1-18-10-6-8(13)2-3-9(10)12(17)14-4-5-19-7-11(15)16/h2-3,6H,4-5,7H2,1H3,(H,14,17)(H,15,16). The minimum atomic E-state index is -0.856. The molecule has 1 aromatic rings. The number of hydrogen-bond donors (Lipinski definition) is 2. The summed E-state index contributed by atoms with van der Waals surface area (Å²) in [4.78, 5) is 22.2. The lowest BCUT2D eigenvalue weighted by atomic mass is 10.2. The molecule has 1 amide bonds. The maximum Gasteiger partial charge on any atom is 0.313 e. The quantitative estimate of drug-likeness (QED) is 0.738. The van der Waals surface area contributed by atoms with Gasteiger partial charge in [0.1, 0.15) is 5.75 Å². The molecule has 0 saturated carbocycles. The second-order valence-corrected chi connectivity index (χ2v) is 5.57. The number of aliphatic carboxylic acids is 1. The minimum Gasteiger partial charge on any atom is -0.496 e. The van der Waals surface area contributed by atoms with Gasteiger partial charge < -0.3 is 15.2 Å². The Labute approximate surface area is 123 Å². The first-order chi connectivity index (χ1) is 9.04. The normalized spacial score (nSPS) is 10.0. The fraction of sp³-hybridized carbons (Fsp3) is 0.333. The van der Waals surface area contributed by atoms with Crippen LogP contribution in [-0.4, -0.2) is 42.1 Å². The van der Waals surface area contributed by atoms with Gasteiger partial charge in [-0.25, -0.2) is 0 Å². The van der Waals surface area contributed by atoms with E-state index in [0.717, 1.165) is 4.47 Å². The summed E-state index contributed by atoms with van der Waals surface area (Å²) in [6, 6.07) is 5.15. The molecule has 0 bridgehead atoms. The van der Waals surface area contributed by atoms with Crippen LogP contribution in [0.2, 0.25) is 0 Å². The first-order valence-corrected chi connectivity index (χ1v) is 7.40. The summed E-state index contributed by atoms with van der Waals surface area (Å²) in [7, 11) is 1.50. The van der Waals surface area contributed by atoms with Crippen LogP contribution in [0.25, 0.3) is 0 Å². The average molecular weight is 348 g/mol. The van der Waals surface area contributed by atoms with Crippen LogP contribution >= 0.6 is 27.7 Å². The fourth-order valence-electron chi connectivity index (χ4n) is 1.34. The summed E-state index contributed by atoms with van der Waals surface area (Å²) in [5.41, 5.74) is 0.453. The Hall–Kier alpha value is -1.21. The third kappa shape index (κ3) is 5.52. The van der Waals surface area contributed by atoms with E-state index in [2.05, 4.69) is 21.2 Å². The third-order valence-corrected chi connectivity index (χ3v) is 3.60. The van der Waals surface area contributed by atoms with E-state index >= 15 is 0 Å². The second-order valence-electron chi connectivity index (χ2n) is 3.55. The number of halogens is 1. The predicted molar refractivity (Wildman–Crippen MR) is 78.0 cm³/mol. The second kappa shape index (κ2) is 8.06. The van der Waals surface area contributed by atoms with Crippen molar-refractivity contribution in [2.24, 2.45) is 0 Å². The van der Waals surface area contributed by atoms with Crippen molar-refractivity contribution in [2.45, 2.75) is 0 Å². The Balaban J connectivity index is 2.47. The Bertz CT molecular complexity index is 467. The van der Waals surface area contributed by atoms with Crippen LogP contribution in [0.3, 0.4) is 0 Å². The average Bonchev–Trinajstić information content (AvgIpc) is 2.37. The number of hydrogen-bond acceptors (Lipinski definition) is 4. The maximum absolute atomic E-state index is 11.9. The summed E-state index contributed by atoms with van der Waals surface area (Å²) in [5.74, 6) is -0.00907. The lowest BCUT2D eigenvalue weighted by Crippen LogP contribution is -2.26. The SMILES string of the molecule is COc1cc(Br)ccc1C(=O)NCCSCC(=O)O. The Morgan fingerprint density at radius 1 is 1.47 bits per heavy atom. The summed E-state index contributed by atoms with van der Waals surface area (Å²) in [6.07, 6.45) is 0. The number of carboxylic acid groups (broad SMARTS) is 1. The first kappa shape index (κ1) is 15.8. The van der Waals surface area contributed by atoms with Crippen molar-refractivity contribution in [3.63, 3.8) is 0 Å². The Morgan fingerprint density at radius 3 is 2.84 bits per heavy atom. The van der Waals surface area contributed by atoms with E-state index in [1.807, 2.05) is 0 Å². The van der Waals surface area contributed by atoms with E-state index in [1.165, 1.54) is 18.9 Å². The van der Waals surface area contributed by atoms with Crippen molar-refractivity contribution < 1.29 is 19.4 Å². The molecule has 0 heterocycles. The van der Waals surface area contributed by atoms with E-state index in [0.29, 0.717) is 23.6 Å². The maximum atomic E-state index is 11.9. The number of carboxylic acids is 1. The molecule has 0 aliphatic rings. The van der Waals surface area contributed by atoms with E-state index in [1.54, 1.807) is 18.2 Å². The van der Waals surface area contributed by atoms with Crippen LogP contribution in [0.1, 0.15) is 10.4 Å². The Morgan fingerprint density at radius 2 is 2.21 bits per heavy atom. The molecule has 19 heavy (non-hydrogen) atoms. The molecule has 0 saturated heterocycles. The highest BCUT2D eigenvalue weighted by Crippen LogP contribution is 2.23. The topological polar surface area (TPSA) is 75.6 Å². The number of nitrogens with one attached hydrogen (secondary N) is 1. The molecule has 0 aromatic heterocycles. The molecule has 0 radical (unpaired) electrons. The highest BCUT2D eigenvalue weighted by Gasteiger charge is 2.11. The number of amides is 1. The monoisotopic (exact) mass is 347 g/mol. The van der Waals surface area contributed by atoms with Crippen LogP contribution in [0.5, 0.6) is 5.75 Å². The molecule has 104 valence electrons. The molecule has 0 unspecified atom stereocenters. The van der Waals surface area contributed by atoms with Gasteiger partial charge in [-0.1, -0.05) is 15.9 Å². The van der Waals surface area contributed by atoms with Crippen molar-refractivity contribution in [1.82, 2.24) is 5.32 Å². The predicted octanol–water partition coefficient (Wildman–Crippen LogP) is 2.01. The number of thioether (sulfide) groups is 1. The molecule has 7 heteroatoms. The van der Waals surface area contributed by atoms with Gasteiger partial charge in [-0.05, 0) is 18.2 Å². The molecule has 5 nitrogen and oxygen atoms in total. The first-order valence-electron chi connectivity index (χ1n) is 5.46. The molecule has 0 aliphatic carbocycles. The number of carbonyl (C=O) groups excluding carboxylic acids is 1. The van der Waals surface area contributed by atoms with Crippen LogP contribution in [0.4, 0.5) is 0 Å². The summed E-state index contributed by atoms with van der Waals surface area (Å²) < 4.78 is 5.96. The molecule has 0 spiro atoms. The summed E-state index contributed by atoms with van der Waals surface area (Å²) >= 11 is 4.56. The lowest BCUT2D eigenvalue weighted by Gasteiger charge is -2.09. The highest BCUT2D eigenvalue weighted by molar-refractivity contribution is 9.10. The highest BCUT2D eigenvalue weighted by atomic mass is 79.9. The zero-order valence-corrected chi connectivity index (χ0v) is 12.7. The number of methoxy groups -OCH3 is 1. The smallest absolute Gasteiger partial charge is 0.313 e. The third-order valence-electron chi connectivity index (χ3n) is 2.17. The van der Waals surface area contributed by atoms with Gasteiger partial charge >= 0.3 is 5.97 Å². The lowest BCUT2D eigenvalue weighted by molar-refractivity contribution is -0.133. The van der Waals surface area contributed by atoms with Crippen LogP contribution in [-0.2, 0) is 4.79 Å². The van der Waals surface area contributed by atoms with Gasteiger partial charge in [-0.3, -0.25) is 9.59 Å². The van der Waals surface area contributed by atoms with Gasteiger partial charge in [0.25, 0.3) is 5.91 Å². The molecular formula is C12H14BrNO4S. The number of ether oxygens (including phenoxy) is 1. The van der Waals surface area contributed by atoms with Crippen molar-refractivity contribution >= 4 is 39.6 Å². The van der Waals surface area contributed by atoms with Crippen LogP contribution in [0, 0.1) is 0 Å². The molecule has 0 atom stereocenters. The molecule has 0 aliphatic heterocycles. The van der Waals surface area contributed by atoms with Crippen molar-refractivity contribution in [2.75, 3.05) is 25.2 Å². The van der Waals surface area contributed by atoms with Crippen LogP contribution in [0.15, 0.2) is 22.7 Å². The largest absolute Gasteiger partial charge is 0.496 e. The van der Waals surface area contributed by atoms with Gasteiger partial charge in [0.15, 0.2) is 0 Å². The zero-order chi connectivity index (χ0) is 14.3. The zero-order valence-electron chi connectivity index (χ0n) is 10.3. The number of carbonyl (C=O) groups is 2. The van der Waals surface area contributed by atoms with E-state index < -0.39 is 5.97 Å². The number of rotatable bonds is 7. The van der Waals surface area contributed by atoms with Crippen molar-refractivity contribution in [3.8, 4) is 5.75 Å². The van der Waals surface area contributed by atoms with E-state index in [-0.39, 0.29) is 11.7 Å². The summed E-state index contributed by atoms with van der Waals surface area (Å²) in [5, 5.41) is 11.2. The van der Waals surface area contributed by atoms with E-state index in [4.69, 9.17) is 9.84 Å². The minimum absolute atomic E-state index is 0.0392. The molecule has 1 aromatic carbocycles. The molecule has 2 N–H and O–H groups in total. The van der Waals surface area contributed by atoms with E-state index in [9.17, 15) is 9.59 Å². The summed E-state index contributed by atoms with van der Waals surface area (Å²) in [6.45, 7) is 0.413. The van der Waals surface area contributed by atoms with Gasteiger partial charge in [0.2, 0.25) is 0 Å². The van der Waals surface area contributed by atoms with Gasteiger partial charge in [0.05, 0.1) is 18.4 Å². The van der Waals surface area contributed by atoms with Crippen LogP contribution < -0.4 is 10.1 Å². The van der Waals surface area contributed by atoms with Crippen molar-refractivity contribution in [3.05, 3.63) is 28.2 Å². The number of benzene rings is 1. The van der Waals surface area contributed by atoms with Gasteiger partial charge in [0, 0.05) is 16.8 Å². The molecule has 0 fully saturated rings.